The molecule has 0 aliphatic heterocycles. The van der Waals surface area contributed by atoms with E-state index in [0.29, 0.717) is 13.0 Å². The van der Waals surface area contributed by atoms with Gasteiger partial charge in [-0.2, -0.15) is 0 Å². The number of halogens is 1. The number of nitrogens with one attached hydrogen (secondary N) is 1. The van der Waals surface area contributed by atoms with Gasteiger partial charge in [0.25, 0.3) is 0 Å². The summed E-state index contributed by atoms with van der Waals surface area (Å²) >= 11 is 3.52. The molecule has 0 saturated carbocycles. The van der Waals surface area contributed by atoms with Crippen molar-refractivity contribution < 1.29 is 14.3 Å². The van der Waals surface area contributed by atoms with Gasteiger partial charge in [0.2, 0.25) is 11.8 Å². The molecule has 0 saturated heterocycles. The molecule has 6 heteroatoms. The zero-order valence-electron chi connectivity index (χ0n) is 20.8. The van der Waals surface area contributed by atoms with Crippen molar-refractivity contribution in [2.45, 2.75) is 51.7 Å². The van der Waals surface area contributed by atoms with Crippen molar-refractivity contribution in [1.29, 1.82) is 0 Å². The van der Waals surface area contributed by atoms with E-state index in [4.69, 9.17) is 4.74 Å². The molecule has 184 valence electrons. The Morgan fingerprint density at radius 2 is 1.57 bits per heavy atom. The van der Waals surface area contributed by atoms with Crippen LogP contribution >= 0.6 is 15.9 Å². The Labute approximate surface area is 216 Å². The molecular formula is C29H33BrN2O3. The Bertz CT molecular complexity index is 1120. The molecule has 0 aromatic heterocycles. The third kappa shape index (κ3) is 8.25. The smallest absolute Gasteiger partial charge is 0.243 e. The Balaban J connectivity index is 1.97. The minimum Gasteiger partial charge on any atom is -0.497 e. The van der Waals surface area contributed by atoms with Crippen LogP contribution in [0.5, 0.6) is 5.75 Å². The minimum absolute atomic E-state index is 0.111. The maximum atomic E-state index is 13.8. The highest BCUT2D eigenvalue weighted by Crippen LogP contribution is 2.20. The van der Waals surface area contributed by atoms with Crippen molar-refractivity contribution in [2.24, 2.45) is 0 Å². The van der Waals surface area contributed by atoms with E-state index in [1.165, 1.54) is 0 Å². The molecule has 5 nitrogen and oxygen atoms in total. The normalized spacial score (nSPS) is 12.0. The first-order chi connectivity index (χ1) is 16.6. The van der Waals surface area contributed by atoms with Gasteiger partial charge in [-0.25, -0.2) is 0 Å². The second-order valence-electron chi connectivity index (χ2n) is 9.62. The zero-order valence-corrected chi connectivity index (χ0v) is 22.3. The summed E-state index contributed by atoms with van der Waals surface area (Å²) in [4.78, 5) is 29.0. The third-order valence-electron chi connectivity index (χ3n) is 5.53. The molecule has 35 heavy (non-hydrogen) atoms. The standard InChI is InChI=1S/C29H33BrN2O3/c1-29(2,3)31-28(34)26(18-21-9-6-5-7-10-21)32(20-23-11-8-12-24(30)17-23)27(33)19-22-13-15-25(35-4)16-14-22/h5-17,26H,18-20H2,1-4H3,(H,31,34). The van der Waals surface area contributed by atoms with Crippen LogP contribution in [0.25, 0.3) is 0 Å². The zero-order chi connectivity index (χ0) is 25.4. The minimum atomic E-state index is -0.665. The second kappa shape index (κ2) is 12.0. The van der Waals surface area contributed by atoms with Gasteiger partial charge in [0, 0.05) is 23.0 Å². The fourth-order valence-electron chi connectivity index (χ4n) is 3.86. The van der Waals surface area contributed by atoms with Gasteiger partial charge in [-0.3, -0.25) is 9.59 Å². The van der Waals surface area contributed by atoms with E-state index in [1.807, 2.05) is 99.6 Å². The SMILES string of the molecule is COc1ccc(CC(=O)N(Cc2cccc(Br)c2)C(Cc2ccccc2)C(=O)NC(C)(C)C)cc1. The van der Waals surface area contributed by atoms with E-state index in [-0.39, 0.29) is 18.2 Å². The van der Waals surface area contributed by atoms with Gasteiger partial charge in [-0.05, 0) is 61.7 Å². The highest BCUT2D eigenvalue weighted by molar-refractivity contribution is 9.10. The topological polar surface area (TPSA) is 58.6 Å². The molecule has 3 aromatic carbocycles. The first kappa shape index (κ1) is 26.5. The number of nitrogens with zero attached hydrogens (tertiary/aromatic N) is 1. The van der Waals surface area contributed by atoms with Gasteiger partial charge >= 0.3 is 0 Å². The Morgan fingerprint density at radius 3 is 2.17 bits per heavy atom. The molecule has 3 aromatic rings. The van der Waals surface area contributed by atoms with Crippen LogP contribution < -0.4 is 10.1 Å². The fourth-order valence-corrected chi connectivity index (χ4v) is 4.31. The quantitative estimate of drug-likeness (QED) is 0.389. The number of hydrogen-bond donors (Lipinski definition) is 1. The van der Waals surface area contributed by atoms with Crippen LogP contribution in [0.3, 0.4) is 0 Å². The van der Waals surface area contributed by atoms with Gasteiger partial charge in [-0.15, -0.1) is 0 Å². The number of carbonyl (C=O) groups excluding carboxylic acids is 2. The van der Waals surface area contributed by atoms with Crippen molar-refractivity contribution >= 4 is 27.7 Å². The van der Waals surface area contributed by atoms with Crippen LogP contribution in [-0.2, 0) is 29.0 Å². The molecular weight excluding hydrogens is 504 g/mol. The predicted octanol–water partition coefficient (Wildman–Crippen LogP) is 5.56. The number of hydrogen-bond acceptors (Lipinski definition) is 3. The molecule has 0 bridgehead atoms. The van der Waals surface area contributed by atoms with Crippen molar-refractivity contribution in [3.63, 3.8) is 0 Å². The first-order valence-corrected chi connectivity index (χ1v) is 12.5. The Morgan fingerprint density at radius 1 is 0.914 bits per heavy atom. The van der Waals surface area contributed by atoms with Gasteiger partial charge in [0.1, 0.15) is 11.8 Å². The molecule has 0 fully saturated rings. The molecule has 2 amide bonds. The van der Waals surface area contributed by atoms with Crippen LogP contribution in [0.1, 0.15) is 37.5 Å². The second-order valence-corrected chi connectivity index (χ2v) is 10.5. The first-order valence-electron chi connectivity index (χ1n) is 11.7. The maximum absolute atomic E-state index is 13.8. The summed E-state index contributed by atoms with van der Waals surface area (Å²) in [5.74, 6) is 0.457. The molecule has 0 spiro atoms. The average molecular weight is 537 g/mol. The summed E-state index contributed by atoms with van der Waals surface area (Å²) in [6, 6.07) is 24.4. The Hall–Kier alpha value is -3.12. The lowest BCUT2D eigenvalue weighted by Gasteiger charge is -2.34. The summed E-state index contributed by atoms with van der Waals surface area (Å²) < 4.78 is 6.17. The summed E-state index contributed by atoms with van der Waals surface area (Å²) in [5, 5.41) is 3.09. The van der Waals surface area contributed by atoms with E-state index in [2.05, 4.69) is 21.2 Å². The molecule has 0 aliphatic rings. The van der Waals surface area contributed by atoms with Crippen molar-refractivity contribution in [3.05, 3.63) is 100 Å². The van der Waals surface area contributed by atoms with Crippen LogP contribution in [0.2, 0.25) is 0 Å². The number of ether oxygens (including phenoxy) is 1. The fraction of sp³-hybridized carbons (Fsp3) is 0.310. The van der Waals surface area contributed by atoms with E-state index < -0.39 is 11.6 Å². The number of amides is 2. The van der Waals surface area contributed by atoms with Crippen molar-refractivity contribution in [2.75, 3.05) is 7.11 Å². The monoisotopic (exact) mass is 536 g/mol. The van der Waals surface area contributed by atoms with Crippen molar-refractivity contribution in [1.82, 2.24) is 10.2 Å². The summed E-state index contributed by atoms with van der Waals surface area (Å²) in [5.41, 5.74) is 2.39. The largest absolute Gasteiger partial charge is 0.497 e. The number of methoxy groups -OCH3 is 1. The average Bonchev–Trinajstić information content (AvgIpc) is 2.81. The third-order valence-corrected chi connectivity index (χ3v) is 6.02. The van der Waals surface area contributed by atoms with Crippen LogP contribution in [-0.4, -0.2) is 35.4 Å². The highest BCUT2D eigenvalue weighted by atomic mass is 79.9. The number of carbonyl (C=O) groups is 2. The summed E-state index contributed by atoms with van der Waals surface area (Å²) in [6.07, 6.45) is 0.608. The Kier molecular flexibility index (Phi) is 9.10. The van der Waals surface area contributed by atoms with E-state index in [9.17, 15) is 9.59 Å². The van der Waals surface area contributed by atoms with Crippen molar-refractivity contribution in [3.8, 4) is 5.75 Å². The van der Waals surface area contributed by atoms with Gasteiger partial charge in [0.15, 0.2) is 0 Å². The number of rotatable bonds is 9. The lowest BCUT2D eigenvalue weighted by atomic mass is 10.00. The van der Waals surface area contributed by atoms with Gasteiger partial charge in [-0.1, -0.05) is 70.5 Å². The highest BCUT2D eigenvalue weighted by Gasteiger charge is 2.32. The molecule has 0 heterocycles. The molecule has 1 unspecified atom stereocenters. The maximum Gasteiger partial charge on any atom is 0.243 e. The van der Waals surface area contributed by atoms with Gasteiger partial charge in [0.05, 0.1) is 13.5 Å². The summed E-state index contributed by atoms with van der Waals surface area (Å²) in [7, 11) is 1.61. The van der Waals surface area contributed by atoms with Crippen LogP contribution in [0.4, 0.5) is 0 Å². The number of benzene rings is 3. The van der Waals surface area contributed by atoms with E-state index in [0.717, 1.165) is 26.9 Å². The molecule has 1 N–H and O–H groups in total. The summed E-state index contributed by atoms with van der Waals surface area (Å²) in [6.45, 7) is 6.16. The van der Waals surface area contributed by atoms with Crippen LogP contribution in [0, 0.1) is 0 Å². The molecule has 3 rings (SSSR count). The van der Waals surface area contributed by atoms with E-state index >= 15 is 0 Å². The molecule has 1 atom stereocenters. The predicted molar refractivity (Wildman–Crippen MR) is 143 cm³/mol. The van der Waals surface area contributed by atoms with E-state index in [1.54, 1.807) is 12.0 Å². The molecule has 0 radical (unpaired) electrons. The molecule has 0 aliphatic carbocycles. The lowest BCUT2D eigenvalue weighted by Crippen LogP contribution is -2.54. The van der Waals surface area contributed by atoms with Crippen LogP contribution in [0.15, 0.2) is 83.3 Å². The lowest BCUT2D eigenvalue weighted by molar-refractivity contribution is -0.141. The van der Waals surface area contributed by atoms with Gasteiger partial charge < -0.3 is 15.0 Å².